The molecule has 0 bridgehead atoms. The minimum atomic E-state index is 0.801. The van der Waals surface area contributed by atoms with Crippen molar-refractivity contribution in [2.45, 2.75) is 31.7 Å². The van der Waals surface area contributed by atoms with Gasteiger partial charge in [0.25, 0.3) is 0 Å². The van der Waals surface area contributed by atoms with Gasteiger partial charge in [0, 0.05) is 32.2 Å². The molecule has 1 aliphatic carbocycles. The Morgan fingerprint density at radius 2 is 1.75 bits per heavy atom. The van der Waals surface area contributed by atoms with E-state index in [1.807, 2.05) is 0 Å². The van der Waals surface area contributed by atoms with Crippen LogP contribution < -0.4 is 5.32 Å². The molecule has 0 unspecified atom stereocenters. The molecule has 2 heterocycles. The average molecular weight is 166 g/mol. The van der Waals surface area contributed by atoms with Gasteiger partial charge in [-0.15, -0.1) is 0 Å². The van der Waals surface area contributed by atoms with Gasteiger partial charge in [-0.05, 0) is 18.3 Å². The van der Waals surface area contributed by atoms with Gasteiger partial charge in [0.15, 0.2) is 0 Å². The van der Waals surface area contributed by atoms with Crippen molar-refractivity contribution in [3.8, 4) is 0 Å². The second-order valence-corrected chi connectivity index (χ2v) is 4.92. The molecule has 12 heavy (non-hydrogen) atoms. The number of hydrogen-bond acceptors (Lipinski definition) is 2. The van der Waals surface area contributed by atoms with E-state index in [9.17, 15) is 0 Å². The molecule has 0 radical (unpaired) electrons. The predicted octanol–water partition coefficient (Wildman–Crippen LogP) is 0.834. The molecule has 1 saturated carbocycles. The van der Waals surface area contributed by atoms with Crippen molar-refractivity contribution in [3.05, 3.63) is 0 Å². The van der Waals surface area contributed by atoms with Crippen molar-refractivity contribution in [1.82, 2.24) is 10.2 Å². The summed E-state index contributed by atoms with van der Waals surface area (Å²) in [5.74, 6) is 0. The van der Waals surface area contributed by atoms with Crippen LogP contribution in [0.2, 0.25) is 0 Å². The Balaban J connectivity index is 1.56. The lowest BCUT2D eigenvalue weighted by Gasteiger charge is -2.54. The zero-order valence-electron chi connectivity index (χ0n) is 7.68. The molecule has 3 rings (SSSR count). The van der Waals surface area contributed by atoms with Crippen molar-refractivity contribution < 1.29 is 0 Å². The number of nitrogens with one attached hydrogen (secondary N) is 1. The van der Waals surface area contributed by atoms with Crippen LogP contribution in [0.1, 0.15) is 25.7 Å². The first-order chi connectivity index (χ1) is 5.88. The molecule has 2 saturated heterocycles. The molecule has 3 fully saturated rings. The second kappa shape index (κ2) is 2.46. The molecule has 68 valence electrons. The third-order valence-electron chi connectivity index (χ3n) is 4.02. The highest BCUT2D eigenvalue weighted by molar-refractivity contribution is 5.02. The van der Waals surface area contributed by atoms with Gasteiger partial charge in [0.2, 0.25) is 0 Å². The summed E-state index contributed by atoms with van der Waals surface area (Å²) < 4.78 is 0. The van der Waals surface area contributed by atoms with Crippen molar-refractivity contribution >= 4 is 0 Å². The van der Waals surface area contributed by atoms with Gasteiger partial charge in [0.05, 0.1) is 0 Å². The number of nitrogens with zero attached hydrogens (tertiary/aromatic N) is 1. The summed E-state index contributed by atoms with van der Waals surface area (Å²) in [5.41, 5.74) is 0.801. The van der Waals surface area contributed by atoms with Crippen LogP contribution in [0, 0.1) is 5.41 Å². The predicted molar refractivity (Wildman–Crippen MR) is 49.1 cm³/mol. The van der Waals surface area contributed by atoms with Crippen LogP contribution in [0.15, 0.2) is 0 Å². The first-order valence-corrected chi connectivity index (χ1v) is 5.33. The van der Waals surface area contributed by atoms with Gasteiger partial charge < -0.3 is 5.32 Å². The summed E-state index contributed by atoms with van der Waals surface area (Å²) in [6, 6.07) is 0.899. The summed E-state index contributed by atoms with van der Waals surface area (Å²) in [4.78, 5) is 2.68. The normalized spacial score (nSPS) is 35.0. The summed E-state index contributed by atoms with van der Waals surface area (Å²) in [6.45, 7) is 5.32. The van der Waals surface area contributed by atoms with E-state index in [0.717, 1.165) is 11.5 Å². The standard InChI is InChI=1S/C10H18N2/c1-2-4-10(3-1)7-12(8-10)9-5-11-6-9/h9,11H,1-8H2. The molecule has 0 aromatic heterocycles. The summed E-state index contributed by atoms with van der Waals surface area (Å²) in [5, 5.41) is 3.35. The lowest BCUT2D eigenvalue weighted by atomic mass is 9.77. The summed E-state index contributed by atoms with van der Waals surface area (Å²) >= 11 is 0. The van der Waals surface area contributed by atoms with E-state index >= 15 is 0 Å². The lowest BCUT2D eigenvalue weighted by Crippen LogP contribution is -2.67. The van der Waals surface area contributed by atoms with E-state index in [-0.39, 0.29) is 0 Å². The number of likely N-dealkylation sites (tertiary alicyclic amines) is 1. The largest absolute Gasteiger partial charge is 0.314 e. The Kier molecular flexibility index (Phi) is 1.50. The summed E-state index contributed by atoms with van der Waals surface area (Å²) in [7, 11) is 0. The van der Waals surface area contributed by atoms with E-state index < -0.39 is 0 Å². The monoisotopic (exact) mass is 166 g/mol. The van der Waals surface area contributed by atoms with Crippen molar-refractivity contribution in [2.24, 2.45) is 5.41 Å². The third-order valence-corrected chi connectivity index (χ3v) is 4.02. The molecule has 0 aromatic rings. The fraction of sp³-hybridized carbons (Fsp3) is 1.00. The number of hydrogen-bond donors (Lipinski definition) is 1. The van der Waals surface area contributed by atoms with Crippen LogP contribution in [-0.4, -0.2) is 37.1 Å². The molecule has 1 spiro atoms. The van der Waals surface area contributed by atoms with Crippen molar-refractivity contribution in [2.75, 3.05) is 26.2 Å². The Morgan fingerprint density at radius 3 is 2.25 bits per heavy atom. The first-order valence-electron chi connectivity index (χ1n) is 5.33. The van der Waals surface area contributed by atoms with Gasteiger partial charge >= 0.3 is 0 Å². The highest BCUT2D eigenvalue weighted by Crippen LogP contribution is 2.46. The molecule has 2 aliphatic heterocycles. The Hall–Kier alpha value is -0.0800. The van der Waals surface area contributed by atoms with Crippen molar-refractivity contribution in [3.63, 3.8) is 0 Å². The molecular formula is C10H18N2. The zero-order valence-corrected chi connectivity index (χ0v) is 7.68. The molecular weight excluding hydrogens is 148 g/mol. The van der Waals surface area contributed by atoms with E-state index in [2.05, 4.69) is 10.2 Å². The van der Waals surface area contributed by atoms with Crippen LogP contribution in [-0.2, 0) is 0 Å². The van der Waals surface area contributed by atoms with Crippen LogP contribution >= 0.6 is 0 Å². The van der Waals surface area contributed by atoms with Crippen LogP contribution in [0.25, 0.3) is 0 Å². The fourth-order valence-electron chi connectivity index (χ4n) is 3.05. The minimum absolute atomic E-state index is 0.801. The summed E-state index contributed by atoms with van der Waals surface area (Å²) in [6.07, 6.45) is 6.03. The maximum absolute atomic E-state index is 3.35. The Bertz CT molecular complexity index is 172. The minimum Gasteiger partial charge on any atom is -0.314 e. The first kappa shape index (κ1) is 7.34. The Morgan fingerprint density at radius 1 is 1.08 bits per heavy atom. The highest BCUT2D eigenvalue weighted by atomic mass is 15.3. The second-order valence-electron chi connectivity index (χ2n) is 4.92. The molecule has 0 atom stereocenters. The van der Waals surface area contributed by atoms with Crippen LogP contribution in [0.3, 0.4) is 0 Å². The quantitative estimate of drug-likeness (QED) is 0.621. The third kappa shape index (κ3) is 0.944. The van der Waals surface area contributed by atoms with Gasteiger partial charge in [-0.2, -0.15) is 0 Å². The van der Waals surface area contributed by atoms with E-state index in [0.29, 0.717) is 0 Å². The van der Waals surface area contributed by atoms with E-state index in [1.54, 1.807) is 0 Å². The maximum Gasteiger partial charge on any atom is 0.0345 e. The average Bonchev–Trinajstić information content (AvgIpc) is 2.30. The molecule has 0 amide bonds. The molecule has 2 nitrogen and oxygen atoms in total. The smallest absolute Gasteiger partial charge is 0.0345 e. The van der Waals surface area contributed by atoms with Crippen LogP contribution in [0.5, 0.6) is 0 Å². The fourth-order valence-corrected chi connectivity index (χ4v) is 3.05. The van der Waals surface area contributed by atoms with E-state index in [4.69, 9.17) is 0 Å². The molecule has 2 heteroatoms. The molecule has 0 aromatic carbocycles. The van der Waals surface area contributed by atoms with Gasteiger partial charge in [0.1, 0.15) is 0 Å². The van der Waals surface area contributed by atoms with E-state index in [1.165, 1.54) is 51.9 Å². The SMILES string of the molecule is C1CCC2(C1)CN(C1CNC1)C2. The molecule has 3 aliphatic rings. The van der Waals surface area contributed by atoms with Crippen LogP contribution in [0.4, 0.5) is 0 Å². The van der Waals surface area contributed by atoms with Gasteiger partial charge in [-0.25, -0.2) is 0 Å². The Labute approximate surface area is 74.3 Å². The molecule has 1 N–H and O–H groups in total. The number of rotatable bonds is 1. The van der Waals surface area contributed by atoms with Gasteiger partial charge in [-0.3, -0.25) is 4.90 Å². The highest BCUT2D eigenvalue weighted by Gasteiger charge is 2.47. The van der Waals surface area contributed by atoms with Crippen molar-refractivity contribution in [1.29, 1.82) is 0 Å². The zero-order chi connectivity index (χ0) is 8.02. The maximum atomic E-state index is 3.35. The van der Waals surface area contributed by atoms with Gasteiger partial charge in [-0.1, -0.05) is 12.8 Å². The topological polar surface area (TPSA) is 15.3 Å². The lowest BCUT2D eigenvalue weighted by molar-refractivity contribution is -0.0412.